The fourth-order valence-electron chi connectivity index (χ4n) is 2.02. The van der Waals surface area contributed by atoms with Gasteiger partial charge in [-0.3, -0.25) is 4.79 Å². The lowest BCUT2D eigenvalue weighted by Gasteiger charge is -2.10. The van der Waals surface area contributed by atoms with E-state index in [1.165, 1.54) is 36.4 Å². The highest BCUT2D eigenvalue weighted by Gasteiger charge is 2.19. The summed E-state index contributed by atoms with van der Waals surface area (Å²) in [5.74, 6) is -1.92. The quantitative estimate of drug-likeness (QED) is 0.534. The molecule has 0 bridgehead atoms. The molecule has 0 saturated carbocycles. The van der Waals surface area contributed by atoms with Crippen molar-refractivity contribution in [2.24, 2.45) is 0 Å². The fraction of sp³-hybridized carbons (Fsp3) is 0.167. The van der Waals surface area contributed by atoms with Crippen molar-refractivity contribution in [3.8, 4) is 0 Å². The molecule has 0 unspecified atom stereocenters. The summed E-state index contributed by atoms with van der Waals surface area (Å²) in [6.07, 6.45) is 0. The zero-order valence-corrected chi connectivity index (χ0v) is 16.3. The zero-order chi connectivity index (χ0) is 20.0. The van der Waals surface area contributed by atoms with Crippen LogP contribution in [-0.4, -0.2) is 31.1 Å². The van der Waals surface area contributed by atoms with Crippen molar-refractivity contribution < 1.29 is 23.9 Å². The minimum absolute atomic E-state index is 0.0517. The van der Waals surface area contributed by atoms with Crippen LogP contribution in [0.2, 0.25) is 15.1 Å². The second-order valence-corrected chi connectivity index (χ2v) is 6.33. The highest BCUT2D eigenvalue weighted by molar-refractivity contribution is 6.46. The maximum atomic E-state index is 12.1. The number of ether oxygens (including phenoxy) is 2. The number of anilines is 1. The molecule has 0 aromatic heterocycles. The summed E-state index contributed by atoms with van der Waals surface area (Å²) in [5, 5.41) is 2.67. The SMILES string of the molecule is CCOC(=O)c1ccc(NC(=O)COC(=O)c2c(Cl)ccc(Cl)c2Cl)cc1. The van der Waals surface area contributed by atoms with Crippen LogP contribution in [0.1, 0.15) is 27.6 Å². The van der Waals surface area contributed by atoms with E-state index in [1.54, 1.807) is 6.92 Å². The first-order valence-electron chi connectivity index (χ1n) is 7.71. The normalized spacial score (nSPS) is 10.2. The molecule has 1 N–H and O–H groups in total. The standard InChI is InChI=1S/C18H14Cl3NO5/c1-2-26-17(24)10-3-5-11(6-4-10)22-14(23)9-27-18(25)15-12(19)7-8-13(20)16(15)21/h3-8H,2,9H2,1H3,(H,22,23). The van der Waals surface area contributed by atoms with Crippen LogP contribution in [0.4, 0.5) is 5.69 Å². The molecular formula is C18H14Cl3NO5. The van der Waals surface area contributed by atoms with Gasteiger partial charge in [0.1, 0.15) is 0 Å². The predicted molar refractivity (Wildman–Crippen MR) is 103 cm³/mol. The first-order valence-corrected chi connectivity index (χ1v) is 8.84. The van der Waals surface area contributed by atoms with Gasteiger partial charge in [-0.15, -0.1) is 0 Å². The van der Waals surface area contributed by atoms with Gasteiger partial charge in [0.05, 0.1) is 32.8 Å². The van der Waals surface area contributed by atoms with Gasteiger partial charge < -0.3 is 14.8 Å². The van der Waals surface area contributed by atoms with Crippen LogP contribution in [0.25, 0.3) is 0 Å². The van der Waals surface area contributed by atoms with Gasteiger partial charge in [-0.2, -0.15) is 0 Å². The van der Waals surface area contributed by atoms with E-state index in [9.17, 15) is 14.4 Å². The summed E-state index contributed by atoms with van der Waals surface area (Å²) in [6.45, 7) is 1.42. The fourth-order valence-corrected chi connectivity index (χ4v) is 2.70. The lowest BCUT2D eigenvalue weighted by atomic mass is 10.2. The lowest BCUT2D eigenvalue weighted by Crippen LogP contribution is -2.21. The third-order valence-corrected chi connectivity index (χ3v) is 4.38. The Hall–Kier alpha value is -2.28. The third kappa shape index (κ3) is 5.60. The molecule has 0 radical (unpaired) electrons. The van der Waals surface area contributed by atoms with Crippen molar-refractivity contribution in [2.75, 3.05) is 18.5 Å². The molecule has 2 aromatic carbocycles. The summed E-state index contributed by atoms with van der Waals surface area (Å²) in [6, 6.07) is 8.90. The summed E-state index contributed by atoms with van der Waals surface area (Å²) in [4.78, 5) is 35.6. The van der Waals surface area contributed by atoms with Gasteiger partial charge in [0.2, 0.25) is 0 Å². The molecule has 0 atom stereocenters. The topological polar surface area (TPSA) is 81.7 Å². The molecule has 0 aliphatic carbocycles. The van der Waals surface area contributed by atoms with Gasteiger partial charge in [-0.25, -0.2) is 9.59 Å². The largest absolute Gasteiger partial charge is 0.462 e. The van der Waals surface area contributed by atoms with Crippen molar-refractivity contribution in [3.05, 3.63) is 62.6 Å². The van der Waals surface area contributed by atoms with Gasteiger partial charge in [0.15, 0.2) is 6.61 Å². The monoisotopic (exact) mass is 429 g/mol. The Kier molecular flexibility index (Phi) is 7.47. The van der Waals surface area contributed by atoms with E-state index in [4.69, 9.17) is 44.3 Å². The number of benzene rings is 2. The summed E-state index contributed by atoms with van der Waals surface area (Å²) in [5.41, 5.74) is 0.659. The van der Waals surface area contributed by atoms with Crippen LogP contribution < -0.4 is 5.32 Å². The minimum Gasteiger partial charge on any atom is -0.462 e. The number of rotatable bonds is 6. The van der Waals surface area contributed by atoms with Crippen LogP contribution >= 0.6 is 34.8 Å². The average Bonchev–Trinajstić information content (AvgIpc) is 2.64. The second kappa shape index (κ2) is 9.60. The Morgan fingerprint density at radius 3 is 2.15 bits per heavy atom. The van der Waals surface area contributed by atoms with Gasteiger partial charge in [-0.05, 0) is 43.3 Å². The molecule has 0 fully saturated rings. The van der Waals surface area contributed by atoms with Crippen molar-refractivity contribution in [3.63, 3.8) is 0 Å². The summed E-state index contributed by atoms with van der Waals surface area (Å²) in [7, 11) is 0. The number of halogens is 3. The molecule has 0 aliphatic heterocycles. The van der Waals surface area contributed by atoms with E-state index < -0.39 is 24.5 Å². The number of carbonyl (C=O) groups is 3. The molecule has 0 heterocycles. The van der Waals surface area contributed by atoms with Crippen molar-refractivity contribution in [2.45, 2.75) is 6.92 Å². The molecule has 2 aromatic rings. The minimum atomic E-state index is -0.875. The smallest absolute Gasteiger partial charge is 0.341 e. The van der Waals surface area contributed by atoms with Gasteiger partial charge in [0.25, 0.3) is 5.91 Å². The molecule has 9 heteroatoms. The number of nitrogens with one attached hydrogen (secondary N) is 1. The van der Waals surface area contributed by atoms with Crippen molar-refractivity contribution in [1.29, 1.82) is 0 Å². The second-order valence-electron chi connectivity index (χ2n) is 5.14. The van der Waals surface area contributed by atoms with Gasteiger partial charge in [-0.1, -0.05) is 34.8 Å². The zero-order valence-electron chi connectivity index (χ0n) is 14.1. The Labute approximate surface area is 170 Å². The molecule has 2 rings (SSSR count). The average molecular weight is 431 g/mol. The Morgan fingerprint density at radius 1 is 0.889 bits per heavy atom. The van der Waals surface area contributed by atoms with E-state index in [1.807, 2.05) is 0 Å². The maximum absolute atomic E-state index is 12.1. The Balaban J connectivity index is 1.94. The van der Waals surface area contributed by atoms with E-state index in [2.05, 4.69) is 5.32 Å². The van der Waals surface area contributed by atoms with Gasteiger partial charge in [0, 0.05) is 5.69 Å². The summed E-state index contributed by atoms with van der Waals surface area (Å²) < 4.78 is 9.79. The first-order chi connectivity index (χ1) is 12.8. The molecule has 1 amide bonds. The van der Waals surface area contributed by atoms with E-state index >= 15 is 0 Å². The van der Waals surface area contributed by atoms with E-state index in [0.29, 0.717) is 11.3 Å². The lowest BCUT2D eigenvalue weighted by molar-refractivity contribution is -0.119. The van der Waals surface area contributed by atoms with Crippen LogP contribution in [0.5, 0.6) is 0 Å². The molecule has 0 saturated heterocycles. The van der Waals surface area contributed by atoms with Crippen LogP contribution in [0.15, 0.2) is 36.4 Å². The van der Waals surface area contributed by atoms with Crippen LogP contribution in [-0.2, 0) is 14.3 Å². The van der Waals surface area contributed by atoms with Crippen LogP contribution in [0.3, 0.4) is 0 Å². The Morgan fingerprint density at radius 2 is 1.52 bits per heavy atom. The highest BCUT2D eigenvalue weighted by Crippen LogP contribution is 2.31. The van der Waals surface area contributed by atoms with E-state index in [-0.39, 0.29) is 27.2 Å². The predicted octanol–water partition coefficient (Wildman–Crippen LogP) is 4.62. The molecular weight excluding hydrogens is 417 g/mol. The number of carbonyl (C=O) groups excluding carboxylic acids is 3. The summed E-state index contributed by atoms with van der Waals surface area (Å²) >= 11 is 17.7. The molecule has 142 valence electrons. The maximum Gasteiger partial charge on any atom is 0.341 e. The van der Waals surface area contributed by atoms with Crippen molar-refractivity contribution in [1.82, 2.24) is 0 Å². The molecule has 0 spiro atoms. The molecule has 0 aliphatic rings. The first kappa shape index (κ1) is 21.0. The van der Waals surface area contributed by atoms with Crippen molar-refractivity contribution >= 4 is 58.3 Å². The van der Waals surface area contributed by atoms with Crippen LogP contribution in [0, 0.1) is 0 Å². The Bertz CT molecular complexity index is 868. The number of hydrogen-bond acceptors (Lipinski definition) is 5. The number of amides is 1. The third-order valence-electron chi connectivity index (χ3n) is 3.26. The van der Waals surface area contributed by atoms with E-state index in [0.717, 1.165) is 0 Å². The number of esters is 2. The molecule has 27 heavy (non-hydrogen) atoms. The van der Waals surface area contributed by atoms with Gasteiger partial charge >= 0.3 is 11.9 Å². The highest BCUT2D eigenvalue weighted by atomic mass is 35.5. The molecule has 6 nitrogen and oxygen atoms in total. The number of hydrogen-bond donors (Lipinski definition) is 1.